The number of ether oxygens (including phenoxy) is 1. The second-order valence-electron chi connectivity index (χ2n) is 5.14. The highest BCUT2D eigenvalue weighted by Gasteiger charge is 2.21. The summed E-state index contributed by atoms with van der Waals surface area (Å²) in [6.07, 6.45) is 1.08. The van der Waals surface area contributed by atoms with Gasteiger partial charge in [0.25, 0.3) is 0 Å². The van der Waals surface area contributed by atoms with E-state index in [0.29, 0.717) is 5.02 Å². The Labute approximate surface area is 122 Å². The first-order valence-electron chi connectivity index (χ1n) is 6.54. The van der Waals surface area contributed by atoms with Gasteiger partial charge >= 0.3 is 0 Å². The van der Waals surface area contributed by atoms with E-state index in [1.807, 2.05) is 25.1 Å². The first-order chi connectivity index (χ1) is 9.54. The van der Waals surface area contributed by atoms with E-state index in [1.54, 1.807) is 6.07 Å². The lowest BCUT2D eigenvalue weighted by Crippen LogP contribution is -2.12. The second kappa shape index (κ2) is 5.08. The number of halogens is 2. The molecule has 2 unspecified atom stereocenters. The van der Waals surface area contributed by atoms with E-state index in [9.17, 15) is 4.39 Å². The molecule has 104 valence electrons. The lowest BCUT2D eigenvalue weighted by atomic mass is 9.97. The lowest BCUT2D eigenvalue weighted by Gasteiger charge is -2.15. The van der Waals surface area contributed by atoms with E-state index < -0.39 is 0 Å². The average Bonchev–Trinajstić information content (AvgIpc) is 2.77. The molecule has 2 aromatic carbocycles. The third kappa shape index (κ3) is 2.39. The minimum absolute atomic E-state index is 0.200. The van der Waals surface area contributed by atoms with Gasteiger partial charge in [0.05, 0.1) is 6.04 Å². The van der Waals surface area contributed by atoms with E-state index >= 15 is 0 Å². The van der Waals surface area contributed by atoms with Crippen LogP contribution in [0.2, 0.25) is 5.02 Å². The van der Waals surface area contributed by atoms with E-state index in [2.05, 4.69) is 0 Å². The first kappa shape index (κ1) is 13.4. The van der Waals surface area contributed by atoms with Crippen molar-refractivity contribution < 1.29 is 9.13 Å². The fourth-order valence-electron chi connectivity index (χ4n) is 2.57. The summed E-state index contributed by atoms with van der Waals surface area (Å²) in [5, 5.41) is 0.350. The Kier molecular flexibility index (Phi) is 3.40. The van der Waals surface area contributed by atoms with Crippen LogP contribution in [0.4, 0.5) is 4.39 Å². The highest BCUT2D eigenvalue weighted by atomic mass is 35.5. The number of fused-ring (bicyclic) bond motifs is 1. The second-order valence-corrected chi connectivity index (χ2v) is 5.55. The van der Waals surface area contributed by atoms with E-state index in [4.69, 9.17) is 22.1 Å². The van der Waals surface area contributed by atoms with Crippen molar-refractivity contribution in [3.63, 3.8) is 0 Å². The SMILES string of the molecule is CC1Cc2cc(C(N)c3ccc(F)cc3Cl)ccc2O1. The third-order valence-electron chi connectivity index (χ3n) is 3.58. The summed E-state index contributed by atoms with van der Waals surface area (Å²) in [6, 6.07) is 9.84. The van der Waals surface area contributed by atoms with Crippen LogP contribution >= 0.6 is 11.6 Å². The summed E-state index contributed by atoms with van der Waals surface area (Å²) in [4.78, 5) is 0. The third-order valence-corrected chi connectivity index (χ3v) is 3.90. The molecule has 0 saturated heterocycles. The molecule has 20 heavy (non-hydrogen) atoms. The molecular weight excluding hydrogens is 277 g/mol. The van der Waals surface area contributed by atoms with Gasteiger partial charge in [-0.2, -0.15) is 0 Å². The maximum absolute atomic E-state index is 13.1. The summed E-state index contributed by atoms with van der Waals surface area (Å²) >= 11 is 6.07. The summed E-state index contributed by atoms with van der Waals surface area (Å²) in [5.41, 5.74) is 9.08. The molecule has 0 spiro atoms. The largest absolute Gasteiger partial charge is 0.490 e. The summed E-state index contributed by atoms with van der Waals surface area (Å²) < 4.78 is 18.8. The van der Waals surface area contributed by atoms with E-state index in [0.717, 1.165) is 28.9 Å². The topological polar surface area (TPSA) is 35.2 Å². The number of hydrogen-bond acceptors (Lipinski definition) is 2. The molecule has 0 radical (unpaired) electrons. The molecule has 3 rings (SSSR count). The summed E-state index contributed by atoms with van der Waals surface area (Å²) in [6.45, 7) is 2.04. The van der Waals surface area contributed by atoms with Crippen molar-refractivity contribution in [2.45, 2.75) is 25.5 Å². The molecule has 0 bridgehead atoms. The maximum atomic E-state index is 13.1. The van der Waals surface area contributed by atoms with Crippen molar-refractivity contribution in [3.05, 3.63) is 63.9 Å². The van der Waals surface area contributed by atoms with Gasteiger partial charge in [0.1, 0.15) is 17.7 Å². The first-order valence-corrected chi connectivity index (χ1v) is 6.92. The van der Waals surface area contributed by atoms with Gasteiger partial charge in [-0.15, -0.1) is 0 Å². The van der Waals surface area contributed by atoms with Crippen LogP contribution in [-0.2, 0) is 6.42 Å². The Bertz CT molecular complexity index is 659. The van der Waals surface area contributed by atoms with Crippen LogP contribution in [0.1, 0.15) is 29.7 Å². The molecule has 2 N–H and O–H groups in total. The molecule has 0 fully saturated rings. The van der Waals surface area contributed by atoms with Gasteiger partial charge in [-0.05, 0) is 41.8 Å². The Morgan fingerprint density at radius 2 is 2.10 bits per heavy atom. The predicted octanol–water partition coefficient (Wildman–Crippen LogP) is 3.85. The van der Waals surface area contributed by atoms with Crippen LogP contribution in [0, 0.1) is 5.82 Å². The number of nitrogens with two attached hydrogens (primary N) is 1. The fourth-order valence-corrected chi connectivity index (χ4v) is 2.85. The standard InChI is InChI=1S/C16H15ClFNO/c1-9-6-11-7-10(2-5-15(11)20-9)16(19)13-4-3-12(18)8-14(13)17/h2-5,7-9,16H,6,19H2,1H3. The van der Waals surface area contributed by atoms with Crippen LogP contribution in [0.15, 0.2) is 36.4 Å². The zero-order valence-corrected chi connectivity index (χ0v) is 11.8. The monoisotopic (exact) mass is 291 g/mol. The molecule has 1 aliphatic heterocycles. The van der Waals surface area contributed by atoms with E-state index in [1.165, 1.54) is 12.1 Å². The van der Waals surface area contributed by atoms with Crippen LogP contribution < -0.4 is 10.5 Å². The highest BCUT2D eigenvalue weighted by Crippen LogP contribution is 2.33. The van der Waals surface area contributed by atoms with Gasteiger partial charge in [-0.1, -0.05) is 29.8 Å². The molecular formula is C16H15ClFNO. The zero-order chi connectivity index (χ0) is 14.3. The quantitative estimate of drug-likeness (QED) is 0.912. The van der Waals surface area contributed by atoms with Crippen molar-refractivity contribution in [2.24, 2.45) is 5.73 Å². The van der Waals surface area contributed by atoms with Gasteiger partial charge < -0.3 is 10.5 Å². The smallest absolute Gasteiger partial charge is 0.124 e. The zero-order valence-electron chi connectivity index (χ0n) is 11.1. The van der Waals surface area contributed by atoms with Crippen molar-refractivity contribution in [1.82, 2.24) is 0 Å². The van der Waals surface area contributed by atoms with Crippen LogP contribution in [0.3, 0.4) is 0 Å². The fraction of sp³-hybridized carbons (Fsp3) is 0.250. The van der Waals surface area contributed by atoms with Crippen LogP contribution in [0.25, 0.3) is 0 Å². The summed E-state index contributed by atoms with van der Waals surface area (Å²) in [5.74, 6) is 0.556. The number of rotatable bonds is 2. The predicted molar refractivity (Wildman–Crippen MR) is 77.7 cm³/mol. The number of hydrogen-bond donors (Lipinski definition) is 1. The molecule has 4 heteroatoms. The van der Waals surface area contributed by atoms with Crippen LogP contribution in [0.5, 0.6) is 5.75 Å². The maximum Gasteiger partial charge on any atom is 0.124 e. The molecule has 1 aliphatic rings. The highest BCUT2D eigenvalue weighted by molar-refractivity contribution is 6.31. The molecule has 2 nitrogen and oxygen atoms in total. The summed E-state index contributed by atoms with van der Waals surface area (Å²) in [7, 11) is 0. The Hall–Kier alpha value is -1.58. The molecule has 1 heterocycles. The van der Waals surface area contributed by atoms with E-state index in [-0.39, 0.29) is 18.0 Å². The molecule has 0 aliphatic carbocycles. The van der Waals surface area contributed by atoms with Gasteiger partial charge in [0.2, 0.25) is 0 Å². The van der Waals surface area contributed by atoms with Gasteiger partial charge in [-0.25, -0.2) is 4.39 Å². The van der Waals surface area contributed by atoms with Crippen molar-refractivity contribution >= 4 is 11.6 Å². The number of benzene rings is 2. The normalized spacial score (nSPS) is 18.5. The van der Waals surface area contributed by atoms with Crippen molar-refractivity contribution in [3.8, 4) is 5.75 Å². The Morgan fingerprint density at radius 3 is 2.85 bits per heavy atom. The molecule has 0 saturated carbocycles. The lowest BCUT2D eigenvalue weighted by molar-refractivity contribution is 0.254. The van der Waals surface area contributed by atoms with Crippen LogP contribution in [-0.4, -0.2) is 6.10 Å². The average molecular weight is 292 g/mol. The molecule has 0 amide bonds. The molecule has 2 atom stereocenters. The molecule has 2 aromatic rings. The Morgan fingerprint density at radius 1 is 1.30 bits per heavy atom. The van der Waals surface area contributed by atoms with Crippen molar-refractivity contribution in [1.29, 1.82) is 0 Å². The van der Waals surface area contributed by atoms with Crippen molar-refractivity contribution in [2.75, 3.05) is 0 Å². The van der Waals surface area contributed by atoms with Gasteiger partial charge in [-0.3, -0.25) is 0 Å². The van der Waals surface area contributed by atoms with Gasteiger partial charge in [0, 0.05) is 11.4 Å². The molecule has 0 aromatic heterocycles. The van der Waals surface area contributed by atoms with Gasteiger partial charge in [0.15, 0.2) is 0 Å². The minimum Gasteiger partial charge on any atom is -0.490 e. The Balaban J connectivity index is 1.95. The minimum atomic E-state index is -0.371.